The number of amides is 2. The smallest absolute Gasteiger partial charge is 0.264 e. The zero-order valence-electron chi connectivity index (χ0n) is 26.8. The van der Waals surface area contributed by atoms with Crippen LogP contribution in [0.3, 0.4) is 0 Å². The van der Waals surface area contributed by atoms with Crippen molar-refractivity contribution < 1.29 is 22.7 Å². The van der Waals surface area contributed by atoms with E-state index in [2.05, 4.69) is 5.32 Å². The summed E-state index contributed by atoms with van der Waals surface area (Å²) in [5.41, 5.74) is 2.93. The van der Waals surface area contributed by atoms with Crippen LogP contribution in [0, 0.1) is 6.92 Å². The van der Waals surface area contributed by atoms with Crippen molar-refractivity contribution in [2.45, 2.75) is 57.5 Å². The van der Waals surface area contributed by atoms with Gasteiger partial charge in [0.05, 0.1) is 17.2 Å². The first-order valence-electron chi connectivity index (χ1n) is 15.7. The lowest BCUT2D eigenvalue weighted by Gasteiger charge is -2.34. The van der Waals surface area contributed by atoms with Crippen molar-refractivity contribution in [3.8, 4) is 5.75 Å². The summed E-state index contributed by atoms with van der Waals surface area (Å²) in [7, 11) is -4.18. The van der Waals surface area contributed by atoms with Gasteiger partial charge in [0.25, 0.3) is 10.0 Å². The van der Waals surface area contributed by atoms with Crippen LogP contribution in [-0.2, 0) is 32.6 Å². The van der Waals surface area contributed by atoms with E-state index in [0.29, 0.717) is 24.6 Å². The molecule has 0 saturated heterocycles. The molecular formula is C37H43N3O5S. The van der Waals surface area contributed by atoms with Gasteiger partial charge in [-0.2, -0.15) is 0 Å². The maximum Gasteiger partial charge on any atom is 0.264 e. The van der Waals surface area contributed by atoms with Crippen LogP contribution in [0.5, 0.6) is 5.75 Å². The number of anilines is 1. The maximum atomic E-state index is 14.5. The highest BCUT2D eigenvalue weighted by atomic mass is 32.2. The molecule has 0 bridgehead atoms. The number of ether oxygens (including phenoxy) is 1. The number of unbranched alkanes of at least 4 members (excludes halogenated alkanes) is 1. The number of nitrogens with zero attached hydrogens (tertiary/aromatic N) is 2. The summed E-state index contributed by atoms with van der Waals surface area (Å²) in [6, 6.07) is 31.2. The Balaban J connectivity index is 1.77. The van der Waals surface area contributed by atoms with Gasteiger partial charge in [0.1, 0.15) is 18.3 Å². The van der Waals surface area contributed by atoms with Crippen molar-refractivity contribution in [2.24, 2.45) is 0 Å². The van der Waals surface area contributed by atoms with E-state index in [1.54, 1.807) is 36.4 Å². The number of benzene rings is 4. The molecule has 8 nitrogen and oxygen atoms in total. The fourth-order valence-corrected chi connectivity index (χ4v) is 6.50. The van der Waals surface area contributed by atoms with Crippen molar-refractivity contribution in [3.05, 3.63) is 126 Å². The third-order valence-corrected chi connectivity index (χ3v) is 9.41. The molecule has 0 aromatic heterocycles. The molecule has 0 heterocycles. The Labute approximate surface area is 273 Å². The van der Waals surface area contributed by atoms with Gasteiger partial charge in [-0.05, 0) is 67.8 Å². The third kappa shape index (κ3) is 9.20. The lowest BCUT2D eigenvalue weighted by atomic mass is 10.0. The van der Waals surface area contributed by atoms with Crippen LogP contribution in [0.25, 0.3) is 0 Å². The van der Waals surface area contributed by atoms with Crippen molar-refractivity contribution in [1.29, 1.82) is 0 Å². The van der Waals surface area contributed by atoms with Gasteiger partial charge in [-0.25, -0.2) is 8.42 Å². The number of carbonyl (C=O) groups excluding carboxylic acids is 2. The van der Waals surface area contributed by atoms with Crippen molar-refractivity contribution in [1.82, 2.24) is 10.2 Å². The summed E-state index contributed by atoms with van der Waals surface area (Å²) in [4.78, 5) is 29.9. The molecule has 46 heavy (non-hydrogen) atoms. The summed E-state index contributed by atoms with van der Waals surface area (Å²) in [5, 5.41) is 3.01. The first-order valence-corrected chi connectivity index (χ1v) is 17.1. The van der Waals surface area contributed by atoms with E-state index in [1.165, 1.54) is 17.0 Å². The SMILES string of the molecule is CCCCNC(=O)[C@H](Cc1ccccc1)N(Cc1ccccc1)C(=O)CN(c1ccc(OCC)cc1)S(=O)(=O)c1ccc(C)cc1. The summed E-state index contributed by atoms with van der Waals surface area (Å²) < 4.78 is 35.1. The van der Waals surface area contributed by atoms with Crippen LogP contribution in [0.1, 0.15) is 43.4 Å². The highest BCUT2D eigenvalue weighted by Gasteiger charge is 2.34. The Hall–Kier alpha value is -4.63. The van der Waals surface area contributed by atoms with Crippen molar-refractivity contribution in [2.75, 3.05) is 24.0 Å². The first-order chi connectivity index (χ1) is 22.2. The second-order valence-corrected chi connectivity index (χ2v) is 13.0. The predicted octanol–water partition coefficient (Wildman–Crippen LogP) is 6.15. The van der Waals surface area contributed by atoms with Gasteiger partial charge in [-0.15, -0.1) is 0 Å². The number of nitrogens with one attached hydrogen (secondary N) is 1. The second kappa shape index (κ2) is 16.6. The minimum absolute atomic E-state index is 0.0625. The highest BCUT2D eigenvalue weighted by Crippen LogP contribution is 2.27. The van der Waals surface area contributed by atoms with Gasteiger partial charge in [0.2, 0.25) is 11.8 Å². The monoisotopic (exact) mass is 641 g/mol. The standard InChI is InChI=1S/C37H43N3O5S/c1-4-6-25-38-37(42)35(26-30-13-9-7-10-14-30)39(27-31-15-11-8-12-16-31)36(41)28-40(32-19-21-33(22-20-32)45-5-2)46(43,44)34-23-17-29(3)18-24-34/h7-24,35H,4-6,25-28H2,1-3H3,(H,38,42)/t35-/m0/s1. The summed E-state index contributed by atoms with van der Waals surface area (Å²) in [6.45, 7) is 6.35. The van der Waals surface area contributed by atoms with E-state index in [4.69, 9.17) is 4.74 Å². The van der Waals surface area contributed by atoms with E-state index in [-0.39, 0.29) is 23.8 Å². The number of carbonyl (C=O) groups is 2. The van der Waals surface area contributed by atoms with Gasteiger partial charge in [-0.3, -0.25) is 13.9 Å². The van der Waals surface area contributed by atoms with Crippen LogP contribution >= 0.6 is 0 Å². The quantitative estimate of drug-likeness (QED) is 0.148. The van der Waals surface area contributed by atoms with Crippen LogP contribution < -0.4 is 14.4 Å². The lowest BCUT2D eigenvalue weighted by Crippen LogP contribution is -2.53. The summed E-state index contributed by atoms with van der Waals surface area (Å²) in [6.07, 6.45) is 1.98. The fraction of sp³-hybridized carbons (Fsp3) is 0.297. The minimum Gasteiger partial charge on any atom is -0.494 e. The minimum atomic E-state index is -4.18. The molecule has 2 amide bonds. The zero-order chi connectivity index (χ0) is 32.9. The number of rotatable bonds is 16. The van der Waals surface area contributed by atoms with Crippen LogP contribution in [0.15, 0.2) is 114 Å². The topological polar surface area (TPSA) is 96.0 Å². The van der Waals surface area contributed by atoms with Crippen molar-refractivity contribution in [3.63, 3.8) is 0 Å². The van der Waals surface area contributed by atoms with Gasteiger partial charge >= 0.3 is 0 Å². The first kappa shape index (κ1) is 34.2. The molecule has 0 aliphatic carbocycles. The van der Waals surface area contributed by atoms with Gasteiger partial charge in [0, 0.05) is 19.5 Å². The molecule has 0 aliphatic heterocycles. The summed E-state index contributed by atoms with van der Waals surface area (Å²) in [5.74, 6) is -0.196. The number of aryl methyl sites for hydroxylation is 1. The molecule has 0 saturated carbocycles. The zero-order valence-corrected chi connectivity index (χ0v) is 27.6. The molecule has 0 unspecified atom stereocenters. The molecule has 0 fully saturated rings. The third-order valence-electron chi connectivity index (χ3n) is 7.62. The number of hydrogen-bond donors (Lipinski definition) is 1. The van der Waals surface area contributed by atoms with E-state index >= 15 is 0 Å². The number of sulfonamides is 1. The highest BCUT2D eigenvalue weighted by molar-refractivity contribution is 7.92. The maximum absolute atomic E-state index is 14.5. The average molecular weight is 642 g/mol. The number of hydrogen-bond acceptors (Lipinski definition) is 5. The Morgan fingerprint density at radius 1 is 0.804 bits per heavy atom. The Bertz CT molecular complexity index is 1650. The largest absolute Gasteiger partial charge is 0.494 e. The predicted molar refractivity (Wildman–Crippen MR) is 182 cm³/mol. The molecule has 9 heteroatoms. The average Bonchev–Trinajstić information content (AvgIpc) is 3.07. The molecule has 0 spiro atoms. The molecule has 4 rings (SSSR count). The molecule has 0 aliphatic rings. The van der Waals surface area contributed by atoms with E-state index in [1.807, 2.05) is 81.4 Å². The fourth-order valence-electron chi connectivity index (χ4n) is 5.08. The Kier molecular flexibility index (Phi) is 12.4. The van der Waals surface area contributed by atoms with Crippen LogP contribution in [0.2, 0.25) is 0 Å². The van der Waals surface area contributed by atoms with Crippen molar-refractivity contribution >= 4 is 27.5 Å². The molecule has 1 N–H and O–H groups in total. The molecular weight excluding hydrogens is 598 g/mol. The van der Waals surface area contributed by atoms with E-state index in [9.17, 15) is 18.0 Å². The van der Waals surface area contributed by atoms with E-state index in [0.717, 1.165) is 33.8 Å². The lowest BCUT2D eigenvalue weighted by molar-refractivity contribution is -0.140. The molecule has 242 valence electrons. The second-order valence-electron chi connectivity index (χ2n) is 11.1. The molecule has 4 aromatic carbocycles. The van der Waals surface area contributed by atoms with Crippen LogP contribution in [0.4, 0.5) is 5.69 Å². The Morgan fingerprint density at radius 3 is 2.00 bits per heavy atom. The van der Waals surface area contributed by atoms with E-state index < -0.39 is 28.5 Å². The van der Waals surface area contributed by atoms with Crippen LogP contribution in [-0.4, -0.2) is 50.9 Å². The molecule has 0 radical (unpaired) electrons. The molecule has 1 atom stereocenters. The van der Waals surface area contributed by atoms with Gasteiger partial charge in [-0.1, -0.05) is 91.7 Å². The van der Waals surface area contributed by atoms with Gasteiger partial charge < -0.3 is 15.0 Å². The normalized spacial score (nSPS) is 11.8. The Morgan fingerprint density at radius 2 is 1.41 bits per heavy atom. The van der Waals surface area contributed by atoms with Gasteiger partial charge in [0.15, 0.2) is 0 Å². The summed E-state index contributed by atoms with van der Waals surface area (Å²) >= 11 is 0. The molecule has 4 aromatic rings.